The topological polar surface area (TPSA) is 35.5 Å². The van der Waals surface area contributed by atoms with Crippen molar-refractivity contribution in [3.63, 3.8) is 0 Å². The normalized spacial score (nSPS) is 10.4. The first-order valence-corrected chi connectivity index (χ1v) is 5.77. The molecule has 0 aromatic heterocycles. The molecule has 3 heteroatoms. The quantitative estimate of drug-likeness (QED) is 0.262. The van der Waals surface area contributed by atoms with Crippen LogP contribution in [0.25, 0.3) is 0 Å². The lowest BCUT2D eigenvalue weighted by atomic mass is 10.3. The van der Waals surface area contributed by atoms with E-state index in [0.717, 1.165) is 25.7 Å². The molecule has 92 valence electrons. The van der Waals surface area contributed by atoms with Crippen molar-refractivity contribution < 1.29 is 14.3 Å². The molecule has 0 bridgehead atoms. The maximum absolute atomic E-state index is 11.0. The van der Waals surface area contributed by atoms with Crippen LogP contribution in [0.15, 0.2) is 24.5 Å². The standard InChI is InChI=1S/C13H22O3/c1-4-5-6-9-15-10-7-8-11-16-13(14)12(2)3/h6,9H,2,4-5,7-8,10-11H2,1,3H3. The number of hydrogen-bond acceptors (Lipinski definition) is 3. The van der Waals surface area contributed by atoms with E-state index in [0.29, 0.717) is 18.8 Å². The number of ether oxygens (including phenoxy) is 2. The molecule has 0 aromatic carbocycles. The Kier molecular flexibility index (Phi) is 9.47. The van der Waals surface area contributed by atoms with Crippen molar-refractivity contribution in [1.29, 1.82) is 0 Å². The van der Waals surface area contributed by atoms with Crippen LogP contribution in [0.5, 0.6) is 0 Å². The van der Waals surface area contributed by atoms with Gasteiger partial charge in [-0.25, -0.2) is 4.79 Å². The van der Waals surface area contributed by atoms with Crippen LogP contribution in [-0.2, 0) is 14.3 Å². The lowest BCUT2D eigenvalue weighted by molar-refractivity contribution is -0.139. The third kappa shape index (κ3) is 9.31. The van der Waals surface area contributed by atoms with Crippen molar-refractivity contribution in [1.82, 2.24) is 0 Å². The van der Waals surface area contributed by atoms with Crippen LogP contribution in [-0.4, -0.2) is 19.2 Å². The monoisotopic (exact) mass is 226 g/mol. The Hall–Kier alpha value is -1.25. The van der Waals surface area contributed by atoms with Gasteiger partial charge in [0.2, 0.25) is 0 Å². The second-order valence-corrected chi connectivity index (χ2v) is 3.65. The highest BCUT2D eigenvalue weighted by Crippen LogP contribution is 1.97. The fraction of sp³-hybridized carbons (Fsp3) is 0.615. The minimum Gasteiger partial charge on any atom is -0.502 e. The number of carbonyl (C=O) groups is 1. The molecule has 16 heavy (non-hydrogen) atoms. The summed E-state index contributed by atoms with van der Waals surface area (Å²) in [5.74, 6) is -0.316. The van der Waals surface area contributed by atoms with Crippen molar-refractivity contribution in [3.05, 3.63) is 24.5 Å². The van der Waals surface area contributed by atoms with Crippen molar-refractivity contribution in [2.75, 3.05) is 13.2 Å². The molecule has 0 aliphatic carbocycles. The van der Waals surface area contributed by atoms with Crippen molar-refractivity contribution in [2.45, 2.75) is 39.5 Å². The molecule has 0 heterocycles. The largest absolute Gasteiger partial charge is 0.502 e. The zero-order valence-corrected chi connectivity index (χ0v) is 10.3. The second-order valence-electron chi connectivity index (χ2n) is 3.65. The molecule has 0 saturated heterocycles. The molecule has 0 atom stereocenters. The van der Waals surface area contributed by atoms with Gasteiger partial charge in [0.15, 0.2) is 0 Å². The van der Waals surface area contributed by atoms with Crippen LogP contribution < -0.4 is 0 Å². The Morgan fingerprint density at radius 2 is 2.00 bits per heavy atom. The SMILES string of the molecule is C=C(C)C(=O)OCCCCOC=CCCC. The summed E-state index contributed by atoms with van der Waals surface area (Å²) in [5, 5.41) is 0. The Balaban J connectivity index is 3.22. The van der Waals surface area contributed by atoms with E-state index < -0.39 is 0 Å². The van der Waals surface area contributed by atoms with E-state index in [-0.39, 0.29) is 5.97 Å². The van der Waals surface area contributed by atoms with Crippen molar-refractivity contribution in [3.8, 4) is 0 Å². The van der Waals surface area contributed by atoms with Gasteiger partial charge in [-0.05, 0) is 32.3 Å². The molecular weight excluding hydrogens is 204 g/mol. The van der Waals surface area contributed by atoms with Crippen LogP contribution in [0.2, 0.25) is 0 Å². The Labute approximate surface area is 98.1 Å². The van der Waals surface area contributed by atoms with Crippen LogP contribution in [0.4, 0.5) is 0 Å². The van der Waals surface area contributed by atoms with Gasteiger partial charge in [-0.1, -0.05) is 19.9 Å². The molecule has 0 unspecified atom stereocenters. The maximum Gasteiger partial charge on any atom is 0.333 e. The third-order valence-electron chi connectivity index (χ3n) is 1.89. The molecule has 0 amide bonds. The molecule has 0 aliphatic heterocycles. The minimum atomic E-state index is -0.316. The highest BCUT2D eigenvalue weighted by Gasteiger charge is 2.01. The van der Waals surface area contributed by atoms with Gasteiger partial charge in [0.1, 0.15) is 0 Å². The number of unbranched alkanes of at least 4 members (excludes halogenated alkanes) is 2. The lowest BCUT2D eigenvalue weighted by Gasteiger charge is -2.04. The summed E-state index contributed by atoms with van der Waals surface area (Å²) in [6, 6.07) is 0. The van der Waals surface area contributed by atoms with Gasteiger partial charge >= 0.3 is 5.97 Å². The molecule has 0 aliphatic rings. The first kappa shape index (κ1) is 14.8. The summed E-state index contributed by atoms with van der Waals surface area (Å²) in [6.07, 6.45) is 7.65. The zero-order chi connectivity index (χ0) is 12.2. The lowest BCUT2D eigenvalue weighted by Crippen LogP contribution is -2.06. The van der Waals surface area contributed by atoms with Gasteiger partial charge < -0.3 is 9.47 Å². The Morgan fingerprint density at radius 3 is 2.62 bits per heavy atom. The summed E-state index contributed by atoms with van der Waals surface area (Å²) in [4.78, 5) is 11.0. The van der Waals surface area contributed by atoms with Gasteiger partial charge in [-0.3, -0.25) is 0 Å². The molecule has 0 radical (unpaired) electrons. The maximum atomic E-state index is 11.0. The van der Waals surface area contributed by atoms with Crippen LogP contribution in [0, 0.1) is 0 Å². The fourth-order valence-corrected chi connectivity index (χ4v) is 0.946. The smallest absolute Gasteiger partial charge is 0.333 e. The number of rotatable bonds is 9. The van der Waals surface area contributed by atoms with E-state index in [1.807, 2.05) is 6.08 Å². The minimum absolute atomic E-state index is 0.316. The Bertz CT molecular complexity index is 231. The van der Waals surface area contributed by atoms with E-state index in [2.05, 4.69) is 13.5 Å². The number of allylic oxidation sites excluding steroid dienone is 1. The van der Waals surface area contributed by atoms with Crippen LogP contribution in [0.3, 0.4) is 0 Å². The molecule has 0 rings (SSSR count). The number of carbonyl (C=O) groups excluding carboxylic acids is 1. The van der Waals surface area contributed by atoms with Crippen molar-refractivity contribution in [2.24, 2.45) is 0 Å². The summed E-state index contributed by atoms with van der Waals surface area (Å²) >= 11 is 0. The van der Waals surface area contributed by atoms with Gasteiger partial charge in [0.05, 0.1) is 19.5 Å². The van der Waals surface area contributed by atoms with E-state index in [9.17, 15) is 4.79 Å². The zero-order valence-electron chi connectivity index (χ0n) is 10.3. The molecule has 0 N–H and O–H groups in total. The Morgan fingerprint density at radius 1 is 1.31 bits per heavy atom. The predicted molar refractivity (Wildman–Crippen MR) is 65.0 cm³/mol. The van der Waals surface area contributed by atoms with Crippen LogP contribution >= 0.6 is 0 Å². The summed E-state index contributed by atoms with van der Waals surface area (Å²) < 4.78 is 10.2. The molecule has 0 saturated carbocycles. The van der Waals surface area contributed by atoms with E-state index in [1.165, 1.54) is 0 Å². The predicted octanol–water partition coefficient (Wildman–Crippen LogP) is 3.22. The van der Waals surface area contributed by atoms with Gasteiger partial charge in [0.25, 0.3) is 0 Å². The highest BCUT2D eigenvalue weighted by atomic mass is 16.5. The third-order valence-corrected chi connectivity index (χ3v) is 1.89. The highest BCUT2D eigenvalue weighted by molar-refractivity contribution is 5.86. The number of esters is 1. The first-order chi connectivity index (χ1) is 7.68. The molecule has 0 aromatic rings. The molecule has 3 nitrogen and oxygen atoms in total. The average Bonchev–Trinajstić information content (AvgIpc) is 2.26. The average molecular weight is 226 g/mol. The summed E-state index contributed by atoms with van der Waals surface area (Å²) in [5.41, 5.74) is 0.443. The molecular formula is C13H22O3. The summed E-state index contributed by atoms with van der Waals surface area (Å²) in [7, 11) is 0. The molecule has 0 spiro atoms. The van der Waals surface area contributed by atoms with Gasteiger partial charge in [-0.15, -0.1) is 0 Å². The van der Waals surface area contributed by atoms with Gasteiger partial charge in [0, 0.05) is 5.57 Å². The van der Waals surface area contributed by atoms with E-state index >= 15 is 0 Å². The van der Waals surface area contributed by atoms with E-state index in [4.69, 9.17) is 9.47 Å². The van der Waals surface area contributed by atoms with Gasteiger partial charge in [-0.2, -0.15) is 0 Å². The number of hydrogen-bond donors (Lipinski definition) is 0. The van der Waals surface area contributed by atoms with E-state index in [1.54, 1.807) is 13.2 Å². The summed E-state index contributed by atoms with van der Waals surface area (Å²) in [6.45, 7) is 8.38. The molecule has 0 fully saturated rings. The van der Waals surface area contributed by atoms with Crippen molar-refractivity contribution >= 4 is 5.97 Å². The fourth-order valence-electron chi connectivity index (χ4n) is 0.946. The first-order valence-electron chi connectivity index (χ1n) is 5.77. The second kappa shape index (κ2) is 10.3. The van der Waals surface area contributed by atoms with Crippen LogP contribution in [0.1, 0.15) is 39.5 Å².